The fourth-order valence-electron chi connectivity index (χ4n) is 3.28. The Morgan fingerprint density at radius 2 is 2.21 bits per heavy atom. The summed E-state index contributed by atoms with van der Waals surface area (Å²) in [4.78, 5) is 13.5. The first-order valence-electron chi connectivity index (χ1n) is 9.66. The van der Waals surface area contributed by atoms with Gasteiger partial charge >= 0.3 is 5.63 Å². The molecule has 0 N–H and O–H groups in total. The van der Waals surface area contributed by atoms with Crippen molar-refractivity contribution >= 4 is 29.5 Å². The summed E-state index contributed by atoms with van der Waals surface area (Å²) in [5.74, 6) is 0.576. The van der Waals surface area contributed by atoms with Crippen LogP contribution in [0.15, 0.2) is 27.7 Å². The Hall–Kier alpha value is -1.78. The number of fused-ring (bicyclic) bond motifs is 3. The molecule has 3 aromatic rings. The summed E-state index contributed by atoms with van der Waals surface area (Å²) in [6.07, 6.45) is 3.40. The Balaban J connectivity index is 1.57. The van der Waals surface area contributed by atoms with Gasteiger partial charge in [-0.3, -0.25) is 0 Å². The summed E-state index contributed by atoms with van der Waals surface area (Å²) in [6, 6.07) is 3.15. The fourth-order valence-corrected chi connectivity index (χ4v) is 5.07. The second-order valence-corrected chi connectivity index (χ2v) is 15.1. The van der Waals surface area contributed by atoms with Gasteiger partial charge in [-0.05, 0) is 12.1 Å². The summed E-state index contributed by atoms with van der Waals surface area (Å²) in [6.45, 7) is 8.98. The van der Waals surface area contributed by atoms with Crippen molar-refractivity contribution in [2.75, 3.05) is 20.3 Å². The van der Waals surface area contributed by atoms with Gasteiger partial charge in [0.15, 0.2) is 0 Å². The number of ether oxygens (including phenoxy) is 3. The van der Waals surface area contributed by atoms with Gasteiger partial charge in [-0.15, -0.1) is 11.3 Å². The van der Waals surface area contributed by atoms with Crippen molar-refractivity contribution in [2.24, 2.45) is 0 Å². The van der Waals surface area contributed by atoms with Crippen molar-refractivity contribution in [3.05, 3.63) is 40.2 Å². The highest BCUT2D eigenvalue weighted by atomic mass is 32.1. The van der Waals surface area contributed by atoms with Crippen LogP contribution in [0.5, 0.6) is 0 Å². The Morgan fingerprint density at radius 3 is 2.97 bits per heavy atom. The quantitative estimate of drug-likeness (QED) is 0.409. The topological polar surface area (TPSA) is 75.7 Å². The molecule has 0 aromatic carbocycles. The van der Waals surface area contributed by atoms with Crippen LogP contribution in [0, 0.1) is 0 Å². The van der Waals surface area contributed by atoms with Crippen LogP contribution in [0.25, 0.3) is 20.5 Å². The van der Waals surface area contributed by atoms with E-state index in [4.69, 9.17) is 18.6 Å². The number of hydrogen-bond donors (Lipinski definition) is 0. The van der Waals surface area contributed by atoms with Crippen LogP contribution in [0.3, 0.4) is 0 Å². The van der Waals surface area contributed by atoms with E-state index in [1.54, 1.807) is 18.0 Å². The molecule has 156 valence electrons. The van der Waals surface area contributed by atoms with Crippen molar-refractivity contribution in [1.82, 2.24) is 9.78 Å². The van der Waals surface area contributed by atoms with Gasteiger partial charge < -0.3 is 18.6 Å². The van der Waals surface area contributed by atoms with Crippen LogP contribution in [0.2, 0.25) is 25.7 Å². The van der Waals surface area contributed by atoms with Gasteiger partial charge in [-0.25, -0.2) is 9.48 Å². The van der Waals surface area contributed by atoms with Crippen molar-refractivity contribution in [2.45, 2.75) is 45.1 Å². The SMILES string of the molecule is COC1COCc2c1oc(=O)c1sc(-c3cnn(COCC[Si](C)(C)C)c3)cc21. The monoisotopic (exact) mass is 434 g/mol. The molecular formula is C20H26N2O5SSi. The number of thiophene rings is 1. The standard InChI is InChI=1S/C20H26N2O5SSi/c1-24-16-11-26-10-15-14-7-17(28-19(14)20(23)27-18(15)16)13-8-21-22(9-13)12-25-5-6-29(2,3)4/h7-9,16H,5-6,10-12H2,1-4H3. The van der Waals surface area contributed by atoms with E-state index in [2.05, 4.69) is 24.7 Å². The van der Waals surface area contributed by atoms with Gasteiger partial charge in [0.05, 0.1) is 19.4 Å². The molecule has 0 bridgehead atoms. The van der Waals surface area contributed by atoms with Crippen LogP contribution in [-0.2, 0) is 27.5 Å². The lowest BCUT2D eigenvalue weighted by Crippen LogP contribution is -2.22. The molecule has 29 heavy (non-hydrogen) atoms. The van der Waals surface area contributed by atoms with Crippen LogP contribution in [-0.4, -0.2) is 38.2 Å². The lowest BCUT2D eigenvalue weighted by atomic mass is 10.1. The molecule has 0 amide bonds. The van der Waals surface area contributed by atoms with E-state index in [0.717, 1.165) is 34.0 Å². The molecule has 0 spiro atoms. The molecule has 1 aliphatic rings. The van der Waals surface area contributed by atoms with Crippen molar-refractivity contribution in [1.29, 1.82) is 0 Å². The maximum absolute atomic E-state index is 12.5. The normalized spacial score (nSPS) is 17.0. The predicted octanol–water partition coefficient (Wildman–Crippen LogP) is 4.25. The summed E-state index contributed by atoms with van der Waals surface area (Å²) in [7, 11) is 0.492. The van der Waals surface area contributed by atoms with Gasteiger partial charge in [0.25, 0.3) is 0 Å². The number of aromatic nitrogens is 2. The first-order chi connectivity index (χ1) is 13.9. The zero-order valence-corrected chi connectivity index (χ0v) is 19.0. The number of rotatable bonds is 7. The third-order valence-electron chi connectivity index (χ3n) is 4.97. The minimum absolute atomic E-state index is 0.332. The maximum atomic E-state index is 12.5. The highest BCUT2D eigenvalue weighted by molar-refractivity contribution is 7.22. The predicted molar refractivity (Wildman–Crippen MR) is 115 cm³/mol. The molecule has 9 heteroatoms. The molecule has 0 fully saturated rings. The van der Waals surface area contributed by atoms with E-state index >= 15 is 0 Å². The summed E-state index contributed by atoms with van der Waals surface area (Å²) in [5, 5.41) is 5.27. The second-order valence-electron chi connectivity index (χ2n) is 8.44. The highest BCUT2D eigenvalue weighted by Crippen LogP contribution is 2.38. The Morgan fingerprint density at radius 1 is 1.38 bits per heavy atom. The van der Waals surface area contributed by atoms with E-state index in [1.807, 2.05) is 12.3 Å². The highest BCUT2D eigenvalue weighted by Gasteiger charge is 2.27. The van der Waals surface area contributed by atoms with Gasteiger partial charge in [0, 0.05) is 49.4 Å². The second kappa shape index (κ2) is 8.15. The van der Waals surface area contributed by atoms with Crippen LogP contribution >= 0.6 is 11.3 Å². The smallest absolute Gasteiger partial charge is 0.354 e. The molecule has 3 aromatic heterocycles. The van der Waals surface area contributed by atoms with Crippen LogP contribution in [0.1, 0.15) is 17.4 Å². The van der Waals surface area contributed by atoms with E-state index in [9.17, 15) is 4.79 Å². The molecule has 1 unspecified atom stereocenters. The van der Waals surface area contributed by atoms with E-state index in [-0.39, 0.29) is 11.7 Å². The van der Waals surface area contributed by atoms with Crippen LogP contribution < -0.4 is 5.63 Å². The molecule has 7 nitrogen and oxygen atoms in total. The summed E-state index contributed by atoms with van der Waals surface area (Å²) in [5.41, 5.74) is 1.51. The van der Waals surface area contributed by atoms with Gasteiger partial charge in [0.1, 0.15) is 23.3 Å². The molecule has 1 atom stereocenters. The van der Waals surface area contributed by atoms with E-state index in [0.29, 0.717) is 30.4 Å². The Bertz CT molecular complexity index is 1070. The fraction of sp³-hybridized carbons (Fsp3) is 0.500. The van der Waals surface area contributed by atoms with E-state index in [1.165, 1.54) is 11.3 Å². The Kier molecular flexibility index (Phi) is 5.76. The molecule has 0 saturated carbocycles. The molecule has 4 rings (SSSR count). The van der Waals surface area contributed by atoms with Gasteiger partial charge in [0.2, 0.25) is 0 Å². The van der Waals surface area contributed by atoms with Gasteiger partial charge in [-0.1, -0.05) is 19.6 Å². The number of nitrogens with zero attached hydrogens (tertiary/aromatic N) is 2. The van der Waals surface area contributed by atoms with Gasteiger partial charge in [-0.2, -0.15) is 5.10 Å². The molecule has 1 aliphatic heterocycles. The van der Waals surface area contributed by atoms with Crippen molar-refractivity contribution in [3.63, 3.8) is 0 Å². The zero-order valence-electron chi connectivity index (χ0n) is 17.2. The first kappa shape index (κ1) is 20.5. The molecule has 4 heterocycles. The van der Waals surface area contributed by atoms with Crippen LogP contribution in [0.4, 0.5) is 0 Å². The lowest BCUT2D eigenvalue weighted by molar-refractivity contribution is -0.0294. The molecule has 0 saturated heterocycles. The third-order valence-corrected chi connectivity index (χ3v) is 7.84. The minimum Gasteiger partial charge on any atom is -0.424 e. The average Bonchev–Trinajstić information content (AvgIpc) is 3.32. The third kappa shape index (κ3) is 4.38. The number of hydrogen-bond acceptors (Lipinski definition) is 7. The Labute approximate surface area is 174 Å². The first-order valence-corrected chi connectivity index (χ1v) is 14.2. The molecule has 0 radical (unpaired) electrons. The lowest BCUT2D eigenvalue weighted by Gasteiger charge is -2.22. The minimum atomic E-state index is -1.10. The summed E-state index contributed by atoms with van der Waals surface area (Å²) >= 11 is 1.41. The number of methoxy groups -OCH3 is 1. The molecule has 0 aliphatic carbocycles. The van der Waals surface area contributed by atoms with Crippen molar-refractivity contribution < 1.29 is 18.6 Å². The summed E-state index contributed by atoms with van der Waals surface area (Å²) < 4.78 is 24.8. The van der Waals surface area contributed by atoms with E-state index < -0.39 is 8.07 Å². The average molecular weight is 435 g/mol. The molecular weight excluding hydrogens is 408 g/mol. The zero-order chi connectivity index (χ0) is 20.6. The largest absolute Gasteiger partial charge is 0.424 e. The van der Waals surface area contributed by atoms with Crippen molar-refractivity contribution in [3.8, 4) is 10.4 Å². The maximum Gasteiger partial charge on any atom is 0.354 e.